The summed E-state index contributed by atoms with van der Waals surface area (Å²) in [6, 6.07) is 1.74. The van der Waals surface area contributed by atoms with E-state index in [1.807, 2.05) is 14.0 Å². The molecule has 0 unspecified atom stereocenters. The fourth-order valence-electron chi connectivity index (χ4n) is 2.35. The summed E-state index contributed by atoms with van der Waals surface area (Å²) in [5.41, 5.74) is 6.46. The summed E-state index contributed by atoms with van der Waals surface area (Å²) in [5, 5.41) is 0. The van der Waals surface area contributed by atoms with Gasteiger partial charge in [0, 0.05) is 36.6 Å². The number of hydrogen-bond donors (Lipinski definition) is 1. The SMILES string of the molecule is Cc1cc(S(=O)(=O)N2CCN(C)C(C)(C)C2)sc1CN. The van der Waals surface area contributed by atoms with Gasteiger partial charge in [-0.2, -0.15) is 4.31 Å². The van der Waals surface area contributed by atoms with Gasteiger partial charge in [0.15, 0.2) is 0 Å². The van der Waals surface area contributed by atoms with Gasteiger partial charge in [-0.1, -0.05) is 0 Å². The van der Waals surface area contributed by atoms with Crippen molar-refractivity contribution in [2.24, 2.45) is 5.73 Å². The van der Waals surface area contributed by atoms with Crippen molar-refractivity contribution in [1.82, 2.24) is 9.21 Å². The molecule has 20 heavy (non-hydrogen) atoms. The predicted molar refractivity (Wildman–Crippen MR) is 82.4 cm³/mol. The molecule has 2 rings (SSSR count). The lowest BCUT2D eigenvalue weighted by Gasteiger charge is -2.44. The number of piperazine rings is 1. The molecule has 1 aliphatic rings. The van der Waals surface area contributed by atoms with Crippen molar-refractivity contribution in [3.63, 3.8) is 0 Å². The smallest absolute Gasteiger partial charge is 0.252 e. The van der Waals surface area contributed by atoms with Gasteiger partial charge in [-0.15, -0.1) is 11.3 Å². The summed E-state index contributed by atoms with van der Waals surface area (Å²) in [7, 11) is -1.37. The van der Waals surface area contributed by atoms with Gasteiger partial charge in [0.2, 0.25) is 0 Å². The lowest BCUT2D eigenvalue weighted by molar-refractivity contribution is 0.0802. The number of nitrogens with zero attached hydrogens (tertiary/aromatic N) is 2. The van der Waals surface area contributed by atoms with Crippen LogP contribution in [0.5, 0.6) is 0 Å². The maximum atomic E-state index is 12.7. The molecule has 2 heterocycles. The fourth-order valence-corrected chi connectivity index (χ4v) is 5.56. The average molecular weight is 317 g/mol. The summed E-state index contributed by atoms with van der Waals surface area (Å²) < 4.78 is 27.5. The Morgan fingerprint density at radius 3 is 2.55 bits per heavy atom. The molecular formula is C13H23N3O2S2. The Labute approximate surface area is 125 Å². The first-order valence-corrected chi connectivity index (χ1v) is 8.95. The Kier molecular flexibility index (Phi) is 4.28. The molecule has 2 N–H and O–H groups in total. The van der Waals surface area contributed by atoms with Gasteiger partial charge < -0.3 is 5.73 Å². The molecule has 5 nitrogen and oxygen atoms in total. The van der Waals surface area contributed by atoms with Crippen LogP contribution in [-0.2, 0) is 16.6 Å². The Bertz CT molecular complexity index is 593. The third-order valence-corrected chi connectivity index (χ3v) is 7.61. The summed E-state index contributed by atoms with van der Waals surface area (Å²) in [5.74, 6) is 0. The number of thiophene rings is 1. The molecular weight excluding hydrogens is 294 g/mol. The van der Waals surface area contributed by atoms with E-state index in [0.29, 0.717) is 23.8 Å². The maximum absolute atomic E-state index is 12.7. The van der Waals surface area contributed by atoms with Crippen molar-refractivity contribution in [3.8, 4) is 0 Å². The monoisotopic (exact) mass is 317 g/mol. The van der Waals surface area contributed by atoms with Crippen LogP contribution in [0.2, 0.25) is 0 Å². The largest absolute Gasteiger partial charge is 0.326 e. The number of likely N-dealkylation sites (N-methyl/N-ethyl adjacent to an activating group) is 1. The lowest BCUT2D eigenvalue weighted by atomic mass is 10.0. The maximum Gasteiger partial charge on any atom is 0.252 e. The lowest BCUT2D eigenvalue weighted by Crippen LogP contribution is -2.58. The minimum atomic E-state index is -3.40. The van der Waals surface area contributed by atoms with Crippen LogP contribution in [-0.4, -0.2) is 49.8 Å². The molecule has 0 spiro atoms. The van der Waals surface area contributed by atoms with Crippen LogP contribution >= 0.6 is 11.3 Å². The molecule has 1 aliphatic heterocycles. The number of aryl methyl sites for hydroxylation is 1. The van der Waals surface area contributed by atoms with Crippen LogP contribution in [0.4, 0.5) is 0 Å². The van der Waals surface area contributed by atoms with Gasteiger partial charge >= 0.3 is 0 Å². The highest BCUT2D eigenvalue weighted by Gasteiger charge is 2.37. The van der Waals surface area contributed by atoms with E-state index in [1.165, 1.54) is 11.3 Å². The van der Waals surface area contributed by atoms with Crippen LogP contribution in [0.3, 0.4) is 0 Å². The van der Waals surface area contributed by atoms with Crippen LogP contribution in [0, 0.1) is 6.92 Å². The first kappa shape index (κ1) is 15.9. The Morgan fingerprint density at radius 1 is 1.40 bits per heavy atom. The van der Waals surface area contributed by atoms with Gasteiger partial charge in [-0.05, 0) is 39.4 Å². The third kappa shape index (κ3) is 2.78. The van der Waals surface area contributed by atoms with Crippen LogP contribution < -0.4 is 5.73 Å². The molecule has 0 radical (unpaired) electrons. The van der Waals surface area contributed by atoms with Crippen molar-refractivity contribution in [2.45, 2.75) is 37.1 Å². The molecule has 0 aromatic carbocycles. The summed E-state index contributed by atoms with van der Waals surface area (Å²) in [6.07, 6.45) is 0. The molecule has 0 aliphatic carbocycles. The van der Waals surface area contributed by atoms with E-state index in [2.05, 4.69) is 18.7 Å². The number of nitrogens with two attached hydrogens (primary N) is 1. The Hall–Kier alpha value is -0.470. The van der Waals surface area contributed by atoms with Gasteiger partial charge in [0.25, 0.3) is 10.0 Å². The van der Waals surface area contributed by atoms with Gasteiger partial charge in [-0.25, -0.2) is 8.42 Å². The molecule has 1 saturated heterocycles. The normalized spacial score (nSPS) is 21.2. The molecule has 0 saturated carbocycles. The van der Waals surface area contributed by atoms with E-state index >= 15 is 0 Å². The van der Waals surface area contributed by atoms with Gasteiger partial charge in [0.1, 0.15) is 4.21 Å². The van der Waals surface area contributed by atoms with E-state index in [0.717, 1.165) is 17.0 Å². The van der Waals surface area contributed by atoms with Crippen molar-refractivity contribution in [2.75, 3.05) is 26.7 Å². The molecule has 1 fully saturated rings. The van der Waals surface area contributed by atoms with Crippen molar-refractivity contribution in [3.05, 3.63) is 16.5 Å². The molecule has 0 amide bonds. The van der Waals surface area contributed by atoms with E-state index < -0.39 is 10.0 Å². The highest BCUT2D eigenvalue weighted by Crippen LogP contribution is 2.30. The second-order valence-electron chi connectivity index (χ2n) is 5.95. The van der Waals surface area contributed by atoms with Crippen molar-refractivity contribution in [1.29, 1.82) is 0 Å². The summed E-state index contributed by atoms with van der Waals surface area (Å²) in [6.45, 7) is 8.24. The molecule has 0 bridgehead atoms. The minimum absolute atomic E-state index is 0.145. The zero-order chi connectivity index (χ0) is 15.1. The average Bonchev–Trinajstić information content (AvgIpc) is 2.74. The van der Waals surface area contributed by atoms with Crippen LogP contribution in [0.25, 0.3) is 0 Å². The summed E-state index contributed by atoms with van der Waals surface area (Å²) >= 11 is 1.29. The van der Waals surface area contributed by atoms with Crippen molar-refractivity contribution >= 4 is 21.4 Å². The zero-order valence-corrected chi connectivity index (χ0v) is 14.1. The van der Waals surface area contributed by atoms with Crippen LogP contribution in [0.1, 0.15) is 24.3 Å². The van der Waals surface area contributed by atoms with E-state index in [-0.39, 0.29) is 5.54 Å². The number of sulfonamides is 1. The minimum Gasteiger partial charge on any atom is -0.326 e. The van der Waals surface area contributed by atoms with Gasteiger partial charge in [-0.3, -0.25) is 4.90 Å². The third-order valence-electron chi connectivity index (χ3n) is 4.06. The molecule has 7 heteroatoms. The quantitative estimate of drug-likeness (QED) is 0.910. The fraction of sp³-hybridized carbons (Fsp3) is 0.692. The highest BCUT2D eigenvalue weighted by atomic mass is 32.2. The van der Waals surface area contributed by atoms with Gasteiger partial charge in [0.05, 0.1) is 0 Å². The molecule has 1 aromatic heterocycles. The summed E-state index contributed by atoms with van der Waals surface area (Å²) in [4.78, 5) is 3.14. The number of hydrogen-bond acceptors (Lipinski definition) is 5. The molecule has 114 valence electrons. The first-order valence-electron chi connectivity index (χ1n) is 6.69. The molecule has 1 aromatic rings. The number of rotatable bonds is 3. The first-order chi connectivity index (χ1) is 9.18. The molecule has 0 atom stereocenters. The zero-order valence-electron chi connectivity index (χ0n) is 12.5. The standard InChI is InChI=1S/C13H23N3O2S2/c1-10-7-12(19-11(10)8-14)20(17,18)16-6-5-15(4)13(2,3)9-16/h7H,5-6,8-9,14H2,1-4H3. The van der Waals surface area contributed by atoms with Crippen molar-refractivity contribution < 1.29 is 8.42 Å². The van der Waals surface area contributed by atoms with E-state index in [1.54, 1.807) is 10.4 Å². The Balaban J connectivity index is 2.31. The van der Waals surface area contributed by atoms with E-state index in [4.69, 9.17) is 5.73 Å². The van der Waals surface area contributed by atoms with E-state index in [9.17, 15) is 8.42 Å². The topological polar surface area (TPSA) is 66.6 Å². The second kappa shape index (κ2) is 5.38. The Morgan fingerprint density at radius 2 is 2.05 bits per heavy atom. The highest BCUT2D eigenvalue weighted by molar-refractivity contribution is 7.91. The second-order valence-corrected chi connectivity index (χ2v) is 9.25. The predicted octanol–water partition coefficient (Wildman–Crippen LogP) is 1.23. The van der Waals surface area contributed by atoms with Crippen LogP contribution in [0.15, 0.2) is 10.3 Å².